The molecule has 2 rings (SSSR count). The van der Waals surface area contributed by atoms with Gasteiger partial charge in [-0.05, 0) is 37.5 Å². The van der Waals surface area contributed by atoms with Crippen LogP contribution in [0.15, 0.2) is 4.99 Å². The van der Waals surface area contributed by atoms with Crippen molar-refractivity contribution in [3.05, 3.63) is 0 Å². The highest BCUT2D eigenvalue weighted by molar-refractivity contribution is 5.83. The molecule has 2 N–H and O–H groups in total. The van der Waals surface area contributed by atoms with Gasteiger partial charge in [-0.1, -0.05) is 26.2 Å². The Morgan fingerprint density at radius 3 is 2.53 bits per heavy atom. The first-order valence-corrected chi connectivity index (χ1v) is 6.56. The second kappa shape index (κ2) is 4.54. The second-order valence-corrected chi connectivity index (χ2v) is 5.47. The van der Waals surface area contributed by atoms with Crippen LogP contribution in [0.1, 0.15) is 58.3 Å². The summed E-state index contributed by atoms with van der Waals surface area (Å²) < 4.78 is 0. The topological polar surface area (TPSA) is 38.4 Å². The van der Waals surface area contributed by atoms with Gasteiger partial charge in [0.15, 0.2) is 0 Å². The highest BCUT2D eigenvalue weighted by Crippen LogP contribution is 2.49. The standard InChI is InChI=1S/C13H24N2/c1-2-7-13(8-9-13)10-15-12(14)11-5-3-4-6-11/h11H,2-10H2,1H3,(H2,14,15). The van der Waals surface area contributed by atoms with E-state index in [-0.39, 0.29) is 0 Å². The van der Waals surface area contributed by atoms with Gasteiger partial charge in [0.2, 0.25) is 0 Å². The van der Waals surface area contributed by atoms with Gasteiger partial charge in [0.1, 0.15) is 0 Å². The van der Waals surface area contributed by atoms with Gasteiger partial charge in [0.05, 0.1) is 5.84 Å². The van der Waals surface area contributed by atoms with E-state index < -0.39 is 0 Å². The molecule has 15 heavy (non-hydrogen) atoms. The van der Waals surface area contributed by atoms with Crippen LogP contribution in [-0.4, -0.2) is 12.4 Å². The molecular weight excluding hydrogens is 184 g/mol. The molecule has 0 aromatic carbocycles. The van der Waals surface area contributed by atoms with Gasteiger partial charge in [-0.3, -0.25) is 4.99 Å². The van der Waals surface area contributed by atoms with Crippen molar-refractivity contribution in [3.8, 4) is 0 Å². The molecule has 0 unspecified atom stereocenters. The van der Waals surface area contributed by atoms with Gasteiger partial charge < -0.3 is 5.73 Å². The first-order chi connectivity index (χ1) is 7.26. The second-order valence-electron chi connectivity index (χ2n) is 5.47. The minimum Gasteiger partial charge on any atom is -0.387 e. The van der Waals surface area contributed by atoms with Crippen LogP contribution in [0.3, 0.4) is 0 Å². The fourth-order valence-corrected chi connectivity index (χ4v) is 2.80. The normalized spacial score (nSPS) is 25.8. The molecule has 0 bridgehead atoms. The van der Waals surface area contributed by atoms with Crippen LogP contribution in [-0.2, 0) is 0 Å². The van der Waals surface area contributed by atoms with E-state index in [4.69, 9.17) is 5.73 Å². The molecule has 2 nitrogen and oxygen atoms in total. The lowest BCUT2D eigenvalue weighted by molar-refractivity contribution is 0.471. The van der Waals surface area contributed by atoms with Crippen molar-refractivity contribution in [1.82, 2.24) is 0 Å². The third-order valence-corrected chi connectivity index (χ3v) is 4.11. The molecule has 0 aromatic heterocycles. The monoisotopic (exact) mass is 208 g/mol. The van der Waals surface area contributed by atoms with Gasteiger partial charge in [-0.25, -0.2) is 0 Å². The summed E-state index contributed by atoms with van der Waals surface area (Å²) in [6, 6.07) is 0. The van der Waals surface area contributed by atoms with Crippen molar-refractivity contribution in [2.75, 3.05) is 6.54 Å². The van der Waals surface area contributed by atoms with Crippen molar-refractivity contribution in [2.24, 2.45) is 22.1 Å². The van der Waals surface area contributed by atoms with Crippen LogP contribution in [0.2, 0.25) is 0 Å². The molecule has 2 saturated carbocycles. The zero-order chi connectivity index (χ0) is 10.7. The molecule has 0 atom stereocenters. The predicted octanol–water partition coefficient (Wildman–Crippen LogP) is 3.11. The van der Waals surface area contributed by atoms with Crippen molar-refractivity contribution in [2.45, 2.75) is 58.3 Å². The lowest BCUT2D eigenvalue weighted by Gasteiger charge is -2.13. The van der Waals surface area contributed by atoms with Crippen LogP contribution in [0.5, 0.6) is 0 Å². The summed E-state index contributed by atoms with van der Waals surface area (Å²) in [4.78, 5) is 4.65. The average molecular weight is 208 g/mol. The number of nitrogens with two attached hydrogens (primary N) is 1. The highest BCUT2D eigenvalue weighted by Gasteiger charge is 2.41. The van der Waals surface area contributed by atoms with Crippen molar-refractivity contribution in [3.63, 3.8) is 0 Å². The average Bonchev–Trinajstić information content (AvgIpc) is 2.81. The van der Waals surface area contributed by atoms with Crippen molar-refractivity contribution in [1.29, 1.82) is 0 Å². The van der Waals surface area contributed by atoms with Crippen LogP contribution in [0, 0.1) is 11.3 Å². The zero-order valence-electron chi connectivity index (χ0n) is 9.97. The van der Waals surface area contributed by atoms with Gasteiger partial charge in [-0.2, -0.15) is 0 Å². The molecule has 0 amide bonds. The summed E-state index contributed by atoms with van der Waals surface area (Å²) in [5.74, 6) is 1.57. The first-order valence-electron chi connectivity index (χ1n) is 6.56. The summed E-state index contributed by atoms with van der Waals surface area (Å²) in [7, 11) is 0. The molecule has 2 heteroatoms. The Bertz CT molecular complexity index is 235. The predicted molar refractivity (Wildman–Crippen MR) is 65.0 cm³/mol. The molecule has 0 saturated heterocycles. The summed E-state index contributed by atoms with van der Waals surface area (Å²) in [5.41, 5.74) is 6.63. The summed E-state index contributed by atoms with van der Waals surface area (Å²) in [6.07, 6.45) is 10.6. The third-order valence-electron chi connectivity index (χ3n) is 4.11. The minimum absolute atomic E-state index is 0.567. The van der Waals surface area contributed by atoms with Crippen LogP contribution in [0.4, 0.5) is 0 Å². The number of rotatable bonds is 5. The van der Waals surface area contributed by atoms with E-state index >= 15 is 0 Å². The smallest absolute Gasteiger partial charge is 0.0968 e. The Labute approximate surface area is 93.3 Å². The van der Waals surface area contributed by atoms with E-state index in [0.717, 1.165) is 12.4 Å². The SMILES string of the molecule is CCCC1(CN=C(N)C2CCCC2)CC1. The van der Waals surface area contributed by atoms with E-state index in [2.05, 4.69) is 11.9 Å². The third kappa shape index (κ3) is 2.73. The van der Waals surface area contributed by atoms with Gasteiger partial charge >= 0.3 is 0 Å². The van der Waals surface area contributed by atoms with Gasteiger partial charge in [0.25, 0.3) is 0 Å². The van der Waals surface area contributed by atoms with E-state index in [1.807, 2.05) is 0 Å². The molecule has 0 aromatic rings. The maximum Gasteiger partial charge on any atom is 0.0968 e. The number of nitrogens with zero attached hydrogens (tertiary/aromatic N) is 1. The summed E-state index contributed by atoms with van der Waals surface area (Å²) >= 11 is 0. The molecule has 2 fully saturated rings. The maximum atomic E-state index is 6.06. The molecule has 0 spiro atoms. The van der Waals surface area contributed by atoms with Gasteiger partial charge in [-0.15, -0.1) is 0 Å². The zero-order valence-corrected chi connectivity index (χ0v) is 9.97. The quantitative estimate of drug-likeness (QED) is 0.547. The highest BCUT2D eigenvalue weighted by atomic mass is 14.9. The van der Waals surface area contributed by atoms with Gasteiger partial charge in [0, 0.05) is 12.5 Å². The molecule has 0 aliphatic heterocycles. The van der Waals surface area contributed by atoms with Crippen LogP contribution < -0.4 is 5.73 Å². The fourth-order valence-electron chi connectivity index (χ4n) is 2.80. The van der Waals surface area contributed by atoms with E-state index in [1.54, 1.807) is 0 Å². The Morgan fingerprint density at radius 1 is 1.33 bits per heavy atom. The van der Waals surface area contributed by atoms with E-state index in [9.17, 15) is 0 Å². The fraction of sp³-hybridized carbons (Fsp3) is 0.923. The maximum absolute atomic E-state index is 6.06. The summed E-state index contributed by atoms with van der Waals surface area (Å²) in [5, 5.41) is 0. The number of hydrogen-bond donors (Lipinski definition) is 1. The van der Waals surface area contributed by atoms with E-state index in [0.29, 0.717) is 11.3 Å². The lowest BCUT2D eigenvalue weighted by Crippen LogP contribution is -2.23. The summed E-state index contributed by atoms with van der Waals surface area (Å²) in [6.45, 7) is 3.27. The molecule has 86 valence electrons. The van der Waals surface area contributed by atoms with Crippen molar-refractivity contribution < 1.29 is 0 Å². The molecule has 0 heterocycles. The minimum atomic E-state index is 0.567. The number of amidine groups is 1. The number of aliphatic imine (C=N–C) groups is 1. The molecule has 2 aliphatic rings. The van der Waals surface area contributed by atoms with E-state index in [1.165, 1.54) is 51.4 Å². The molecule has 2 aliphatic carbocycles. The molecular formula is C13H24N2. The lowest BCUT2D eigenvalue weighted by atomic mass is 10.0. The van der Waals surface area contributed by atoms with Crippen LogP contribution in [0.25, 0.3) is 0 Å². The first kappa shape index (κ1) is 11.0. The molecule has 0 radical (unpaired) electrons. The Morgan fingerprint density at radius 2 is 2.00 bits per heavy atom. The Balaban J connectivity index is 1.82. The Kier molecular flexibility index (Phi) is 3.32. The largest absolute Gasteiger partial charge is 0.387 e. The number of hydrogen-bond acceptors (Lipinski definition) is 1. The van der Waals surface area contributed by atoms with Crippen molar-refractivity contribution >= 4 is 5.84 Å². The Hall–Kier alpha value is -0.530. The van der Waals surface area contributed by atoms with Crippen LogP contribution >= 0.6 is 0 Å².